The third kappa shape index (κ3) is 4.20. The van der Waals surface area contributed by atoms with Crippen molar-refractivity contribution in [1.29, 1.82) is 0 Å². The van der Waals surface area contributed by atoms with Crippen LogP contribution in [0, 0.1) is 40.4 Å². The van der Waals surface area contributed by atoms with E-state index in [0.29, 0.717) is 10.8 Å². The fourth-order valence-corrected chi connectivity index (χ4v) is 8.15. The molecule has 0 heterocycles. The van der Waals surface area contributed by atoms with Crippen LogP contribution in [-0.2, 0) is 9.47 Å². The van der Waals surface area contributed by atoms with E-state index in [1.807, 2.05) is 0 Å². The minimum absolute atomic E-state index is 0.446. The maximum Gasteiger partial charge on any atom is 0.0522 e. The lowest BCUT2D eigenvalue weighted by atomic mass is 9.58. The number of hydrogen-bond donors (Lipinski definition) is 0. The van der Waals surface area contributed by atoms with Crippen molar-refractivity contribution in [3.8, 4) is 0 Å². The van der Waals surface area contributed by atoms with Gasteiger partial charge in [0.2, 0.25) is 0 Å². The maximum atomic E-state index is 6.43. The smallest absolute Gasteiger partial charge is 0.0522 e. The first kappa shape index (κ1) is 21.2. The molecule has 0 radical (unpaired) electrons. The van der Waals surface area contributed by atoms with Crippen LogP contribution in [0.2, 0.25) is 0 Å². The van der Waals surface area contributed by atoms with E-state index in [1.165, 1.54) is 77.0 Å². The van der Waals surface area contributed by atoms with Gasteiger partial charge in [0.15, 0.2) is 0 Å². The second-order valence-electron chi connectivity index (χ2n) is 11.5. The Hall–Kier alpha value is -0.0800. The van der Waals surface area contributed by atoms with Gasteiger partial charge in [0.05, 0.1) is 13.2 Å². The van der Waals surface area contributed by atoms with Crippen molar-refractivity contribution in [3.05, 3.63) is 0 Å². The average molecular weight is 391 g/mol. The molecule has 7 unspecified atom stereocenters. The molecule has 0 bridgehead atoms. The minimum Gasteiger partial charge on any atom is -0.381 e. The van der Waals surface area contributed by atoms with Gasteiger partial charge in [-0.05, 0) is 92.3 Å². The second kappa shape index (κ2) is 8.96. The molecule has 4 saturated carbocycles. The quantitative estimate of drug-likeness (QED) is 0.421. The molecule has 2 heteroatoms. The predicted molar refractivity (Wildman–Crippen MR) is 116 cm³/mol. The Bertz CT molecular complexity index is 503. The first-order valence-electron chi connectivity index (χ1n) is 12.7. The van der Waals surface area contributed by atoms with Gasteiger partial charge in [-0.2, -0.15) is 0 Å². The van der Waals surface area contributed by atoms with E-state index >= 15 is 0 Å². The van der Waals surface area contributed by atoms with Gasteiger partial charge >= 0.3 is 0 Å². The minimum atomic E-state index is 0.446. The topological polar surface area (TPSA) is 18.5 Å². The van der Waals surface area contributed by atoms with Crippen LogP contribution in [-0.4, -0.2) is 26.4 Å². The van der Waals surface area contributed by atoms with Gasteiger partial charge in [0.25, 0.3) is 0 Å². The van der Waals surface area contributed by atoms with Gasteiger partial charge < -0.3 is 9.47 Å². The van der Waals surface area contributed by atoms with Gasteiger partial charge in [-0.15, -0.1) is 0 Å². The number of ether oxygens (including phenoxy) is 2. The molecule has 0 aromatic rings. The van der Waals surface area contributed by atoms with Crippen LogP contribution in [0.3, 0.4) is 0 Å². The molecule has 2 nitrogen and oxygen atoms in total. The molecular weight excluding hydrogens is 344 g/mol. The van der Waals surface area contributed by atoms with Crippen LogP contribution >= 0.6 is 0 Å². The van der Waals surface area contributed by atoms with Gasteiger partial charge in [-0.25, -0.2) is 0 Å². The largest absolute Gasteiger partial charge is 0.381 e. The Morgan fingerprint density at radius 3 is 2.36 bits per heavy atom. The van der Waals surface area contributed by atoms with Gasteiger partial charge in [-0.3, -0.25) is 0 Å². The highest BCUT2D eigenvalue weighted by Crippen LogP contribution is 2.57. The van der Waals surface area contributed by atoms with Crippen LogP contribution in [0.15, 0.2) is 0 Å². The van der Waals surface area contributed by atoms with Crippen molar-refractivity contribution >= 4 is 0 Å². The summed E-state index contributed by atoms with van der Waals surface area (Å²) in [5.41, 5.74) is 0.910. The summed E-state index contributed by atoms with van der Waals surface area (Å²) in [7, 11) is 0. The second-order valence-corrected chi connectivity index (χ2v) is 11.5. The highest BCUT2D eigenvalue weighted by atomic mass is 16.5. The van der Waals surface area contributed by atoms with Crippen LogP contribution in [0.1, 0.15) is 97.8 Å². The summed E-state index contributed by atoms with van der Waals surface area (Å²) < 4.78 is 12.3. The van der Waals surface area contributed by atoms with Crippen molar-refractivity contribution in [2.75, 3.05) is 26.4 Å². The first-order chi connectivity index (χ1) is 13.6. The molecule has 7 atom stereocenters. The fourth-order valence-electron chi connectivity index (χ4n) is 8.15. The Kier molecular flexibility index (Phi) is 6.77. The average Bonchev–Trinajstić information content (AvgIpc) is 3.26. The van der Waals surface area contributed by atoms with Crippen molar-refractivity contribution in [3.63, 3.8) is 0 Å². The summed E-state index contributed by atoms with van der Waals surface area (Å²) in [6.45, 7) is 11.1. The standard InChI is InChI=1S/C26H46O2/c1-4-27-18-26(3)16-13-22-20(11-12-24(22)26)14-17-28-19-25(2)15-7-9-21-8-5-6-10-23(21)25/h20-24H,4-19H2,1-3H3. The van der Waals surface area contributed by atoms with Crippen molar-refractivity contribution in [2.24, 2.45) is 40.4 Å². The third-order valence-corrected chi connectivity index (χ3v) is 9.74. The normalized spacial score (nSPS) is 45.8. The molecule has 4 aliphatic carbocycles. The number of fused-ring (bicyclic) bond motifs is 2. The lowest BCUT2D eigenvalue weighted by Crippen LogP contribution is -2.42. The Morgan fingerprint density at radius 2 is 1.50 bits per heavy atom. The molecular formula is C26H46O2. The van der Waals surface area contributed by atoms with Crippen LogP contribution < -0.4 is 0 Å². The number of hydrogen-bond acceptors (Lipinski definition) is 2. The first-order valence-corrected chi connectivity index (χ1v) is 12.7. The Morgan fingerprint density at radius 1 is 0.750 bits per heavy atom. The van der Waals surface area contributed by atoms with Gasteiger partial charge in [0.1, 0.15) is 0 Å². The molecule has 0 amide bonds. The molecule has 0 N–H and O–H groups in total. The zero-order valence-corrected chi connectivity index (χ0v) is 19.0. The summed E-state index contributed by atoms with van der Waals surface area (Å²) >= 11 is 0. The molecule has 0 aliphatic heterocycles. The Balaban J connectivity index is 1.23. The molecule has 4 fully saturated rings. The van der Waals surface area contributed by atoms with Gasteiger partial charge in [-0.1, -0.05) is 46.0 Å². The van der Waals surface area contributed by atoms with E-state index in [-0.39, 0.29) is 0 Å². The molecule has 162 valence electrons. The molecule has 0 aromatic carbocycles. The van der Waals surface area contributed by atoms with E-state index in [1.54, 1.807) is 0 Å². The Labute approximate surface area is 174 Å². The summed E-state index contributed by atoms with van der Waals surface area (Å²) in [6.07, 6.45) is 17.2. The van der Waals surface area contributed by atoms with Crippen LogP contribution in [0.4, 0.5) is 0 Å². The summed E-state index contributed by atoms with van der Waals surface area (Å²) in [5, 5.41) is 0. The van der Waals surface area contributed by atoms with E-state index in [0.717, 1.165) is 56.0 Å². The highest BCUT2D eigenvalue weighted by molar-refractivity contribution is 5.00. The van der Waals surface area contributed by atoms with Gasteiger partial charge in [0, 0.05) is 13.2 Å². The maximum absolute atomic E-state index is 6.43. The van der Waals surface area contributed by atoms with E-state index in [4.69, 9.17) is 9.47 Å². The van der Waals surface area contributed by atoms with Crippen LogP contribution in [0.25, 0.3) is 0 Å². The van der Waals surface area contributed by atoms with E-state index in [2.05, 4.69) is 20.8 Å². The SMILES string of the molecule is CCOCC1(C)CCC2C(CCOCC3(C)CCCC4CCCCC43)CCC21. The molecule has 0 aromatic heterocycles. The third-order valence-electron chi connectivity index (χ3n) is 9.74. The van der Waals surface area contributed by atoms with E-state index < -0.39 is 0 Å². The molecule has 4 aliphatic rings. The molecule has 0 saturated heterocycles. The fraction of sp³-hybridized carbons (Fsp3) is 1.00. The van der Waals surface area contributed by atoms with E-state index in [9.17, 15) is 0 Å². The monoisotopic (exact) mass is 390 g/mol. The summed E-state index contributed by atoms with van der Waals surface area (Å²) in [4.78, 5) is 0. The zero-order valence-electron chi connectivity index (χ0n) is 19.0. The summed E-state index contributed by atoms with van der Waals surface area (Å²) in [5.74, 6) is 4.72. The van der Waals surface area contributed by atoms with Crippen molar-refractivity contribution in [2.45, 2.75) is 97.8 Å². The number of rotatable bonds is 8. The lowest BCUT2D eigenvalue weighted by Gasteiger charge is -2.48. The molecule has 4 rings (SSSR count). The summed E-state index contributed by atoms with van der Waals surface area (Å²) in [6, 6.07) is 0. The van der Waals surface area contributed by atoms with Crippen molar-refractivity contribution in [1.82, 2.24) is 0 Å². The molecule has 28 heavy (non-hydrogen) atoms. The lowest BCUT2D eigenvalue weighted by molar-refractivity contribution is -0.0484. The zero-order chi connectivity index (χ0) is 19.6. The van der Waals surface area contributed by atoms with Crippen molar-refractivity contribution < 1.29 is 9.47 Å². The molecule has 0 spiro atoms. The van der Waals surface area contributed by atoms with Crippen LogP contribution in [0.5, 0.6) is 0 Å². The predicted octanol–water partition coefficient (Wildman–Crippen LogP) is 6.87. The highest BCUT2D eigenvalue weighted by Gasteiger charge is 2.51.